The Morgan fingerprint density at radius 1 is 1.45 bits per heavy atom. The molecule has 3 heterocycles. The van der Waals surface area contributed by atoms with Gasteiger partial charge < -0.3 is 20.0 Å². The number of carboxylic acids is 1. The minimum atomic E-state index is -1.02. The first-order valence-electron chi connectivity index (χ1n) is 10.8. The van der Waals surface area contributed by atoms with Crippen LogP contribution in [0.15, 0.2) is 30.9 Å². The summed E-state index contributed by atoms with van der Waals surface area (Å²) in [5, 5.41) is 19.5. The number of aliphatic carboxylic acids is 1. The number of thioether (sulfide) groups is 1. The number of amides is 2. The SMILES string of the molecule is C=CCN(C(=O)C1N(CCCO)C(=O)[C@@H]2[C@H](C(=O)O)[C@H]3SC12CC3Br)c1c(C)cccc1Cl. The van der Waals surface area contributed by atoms with Crippen molar-refractivity contribution in [2.75, 3.05) is 24.6 Å². The van der Waals surface area contributed by atoms with Crippen molar-refractivity contribution in [1.29, 1.82) is 0 Å². The van der Waals surface area contributed by atoms with Gasteiger partial charge in [-0.2, -0.15) is 0 Å². The van der Waals surface area contributed by atoms with Crippen LogP contribution in [0.25, 0.3) is 0 Å². The first-order valence-corrected chi connectivity index (χ1v) is 13.0. The van der Waals surface area contributed by atoms with Gasteiger partial charge in [-0.1, -0.05) is 45.7 Å². The van der Waals surface area contributed by atoms with Gasteiger partial charge in [0.15, 0.2) is 0 Å². The second-order valence-electron chi connectivity index (χ2n) is 8.75. The molecule has 0 aliphatic carbocycles. The van der Waals surface area contributed by atoms with Gasteiger partial charge in [-0.25, -0.2) is 0 Å². The smallest absolute Gasteiger partial charge is 0.308 e. The van der Waals surface area contributed by atoms with Crippen molar-refractivity contribution in [3.05, 3.63) is 41.4 Å². The Bertz CT molecular complexity index is 989. The predicted octanol–water partition coefficient (Wildman–Crippen LogP) is 3.10. The van der Waals surface area contributed by atoms with Crippen LogP contribution >= 0.6 is 39.3 Å². The van der Waals surface area contributed by atoms with E-state index in [0.717, 1.165) is 5.56 Å². The van der Waals surface area contributed by atoms with E-state index in [4.69, 9.17) is 11.6 Å². The molecule has 2 amide bonds. The lowest BCUT2D eigenvalue weighted by molar-refractivity contribution is -0.148. The molecule has 7 nitrogen and oxygen atoms in total. The fourth-order valence-electron chi connectivity index (χ4n) is 5.71. The number of aryl methyl sites for hydroxylation is 1. The number of carbonyl (C=O) groups is 3. The highest BCUT2D eigenvalue weighted by atomic mass is 79.9. The Hall–Kier alpha value is -1.55. The molecular weight excluding hydrogens is 532 g/mol. The van der Waals surface area contributed by atoms with Gasteiger partial charge in [0.2, 0.25) is 5.91 Å². The Kier molecular flexibility index (Phi) is 6.88. The average Bonchev–Trinajstić information content (AvgIpc) is 3.34. The molecule has 1 aromatic rings. The number of nitrogens with zero attached hydrogens (tertiary/aromatic N) is 2. The van der Waals surface area contributed by atoms with E-state index in [9.17, 15) is 24.6 Å². The highest BCUT2D eigenvalue weighted by molar-refractivity contribution is 9.09. The summed E-state index contributed by atoms with van der Waals surface area (Å²) in [6.45, 7) is 5.89. The molecule has 0 radical (unpaired) electrons. The van der Waals surface area contributed by atoms with E-state index in [-0.39, 0.29) is 41.6 Å². The third kappa shape index (κ3) is 3.72. The minimum Gasteiger partial charge on any atom is -0.481 e. The molecule has 3 fully saturated rings. The van der Waals surface area contributed by atoms with Gasteiger partial charge in [0.1, 0.15) is 6.04 Å². The zero-order valence-corrected chi connectivity index (χ0v) is 21.3. The second-order valence-corrected chi connectivity index (χ2v) is 11.9. The third-order valence-electron chi connectivity index (χ3n) is 6.90. The molecule has 178 valence electrons. The monoisotopic (exact) mass is 556 g/mol. The first-order chi connectivity index (χ1) is 15.7. The number of benzene rings is 1. The van der Waals surface area contributed by atoms with Crippen molar-refractivity contribution in [3.8, 4) is 0 Å². The van der Waals surface area contributed by atoms with Crippen molar-refractivity contribution in [2.24, 2.45) is 11.8 Å². The highest BCUT2D eigenvalue weighted by Gasteiger charge is 2.76. The summed E-state index contributed by atoms with van der Waals surface area (Å²) in [7, 11) is 0. The molecule has 10 heteroatoms. The molecule has 2 bridgehead atoms. The number of anilines is 1. The quantitative estimate of drug-likeness (QED) is 0.377. The van der Waals surface area contributed by atoms with Crippen molar-refractivity contribution in [3.63, 3.8) is 0 Å². The van der Waals surface area contributed by atoms with Gasteiger partial charge in [-0.3, -0.25) is 14.4 Å². The summed E-state index contributed by atoms with van der Waals surface area (Å²) in [4.78, 5) is 43.0. The molecule has 0 saturated carbocycles. The maximum atomic E-state index is 14.3. The van der Waals surface area contributed by atoms with Crippen LogP contribution in [0.4, 0.5) is 5.69 Å². The van der Waals surface area contributed by atoms with Crippen molar-refractivity contribution < 1.29 is 24.6 Å². The van der Waals surface area contributed by atoms with Crippen LogP contribution in [0.1, 0.15) is 18.4 Å². The van der Waals surface area contributed by atoms with E-state index < -0.39 is 28.6 Å². The molecule has 3 aliphatic heterocycles. The number of para-hydroxylation sites is 1. The molecule has 3 unspecified atom stereocenters. The summed E-state index contributed by atoms with van der Waals surface area (Å²) >= 11 is 11.6. The van der Waals surface area contributed by atoms with Gasteiger partial charge >= 0.3 is 5.97 Å². The molecule has 33 heavy (non-hydrogen) atoms. The molecule has 0 aromatic heterocycles. The molecule has 1 spiro atoms. The van der Waals surface area contributed by atoms with Gasteiger partial charge in [0.25, 0.3) is 5.91 Å². The largest absolute Gasteiger partial charge is 0.481 e. The van der Waals surface area contributed by atoms with E-state index in [1.54, 1.807) is 23.1 Å². The Morgan fingerprint density at radius 2 is 2.18 bits per heavy atom. The maximum absolute atomic E-state index is 14.3. The molecule has 2 N–H and O–H groups in total. The van der Waals surface area contributed by atoms with Crippen molar-refractivity contribution in [2.45, 2.75) is 40.6 Å². The molecular formula is C23H26BrClN2O5S. The number of aliphatic hydroxyl groups excluding tert-OH is 1. The number of hydrogen-bond donors (Lipinski definition) is 2. The van der Waals surface area contributed by atoms with Crippen molar-refractivity contribution in [1.82, 2.24) is 4.90 Å². The van der Waals surface area contributed by atoms with Gasteiger partial charge in [0.05, 0.1) is 27.3 Å². The molecule has 6 atom stereocenters. The van der Waals surface area contributed by atoms with Crippen LogP contribution in [-0.4, -0.2) is 73.5 Å². The van der Waals surface area contributed by atoms with Gasteiger partial charge in [-0.05, 0) is 31.4 Å². The number of carboxylic acid groups (broad SMARTS) is 1. The lowest BCUT2D eigenvalue weighted by atomic mass is 9.71. The van der Waals surface area contributed by atoms with Crippen LogP contribution in [0.3, 0.4) is 0 Å². The van der Waals surface area contributed by atoms with E-state index in [0.29, 0.717) is 23.6 Å². The number of rotatable bonds is 8. The van der Waals surface area contributed by atoms with Crippen LogP contribution in [-0.2, 0) is 14.4 Å². The summed E-state index contributed by atoms with van der Waals surface area (Å²) in [5.41, 5.74) is 1.37. The van der Waals surface area contributed by atoms with Crippen LogP contribution in [0.2, 0.25) is 5.02 Å². The lowest BCUT2D eigenvalue weighted by Crippen LogP contribution is -2.55. The fourth-order valence-corrected chi connectivity index (χ4v) is 9.63. The zero-order chi connectivity index (χ0) is 24.1. The summed E-state index contributed by atoms with van der Waals surface area (Å²) in [5.74, 6) is -3.30. The van der Waals surface area contributed by atoms with E-state index in [2.05, 4.69) is 22.5 Å². The number of alkyl halides is 1. The van der Waals surface area contributed by atoms with E-state index >= 15 is 0 Å². The zero-order valence-electron chi connectivity index (χ0n) is 18.1. The highest BCUT2D eigenvalue weighted by Crippen LogP contribution is 2.67. The normalized spacial score (nSPS) is 32.2. The molecule has 3 saturated heterocycles. The number of hydrogen-bond acceptors (Lipinski definition) is 5. The fraction of sp³-hybridized carbons (Fsp3) is 0.522. The summed E-state index contributed by atoms with van der Waals surface area (Å²) < 4.78 is -0.861. The molecule has 3 aliphatic rings. The molecule has 1 aromatic carbocycles. The number of halogens is 2. The van der Waals surface area contributed by atoms with Crippen molar-refractivity contribution >= 4 is 62.8 Å². The topological polar surface area (TPSA) is 98.2 Å². The second kappa shape index (κ2) is 9.24. The summed E-state index contributed by atoms with van der Waals surface area (Å²) in [6, 6.07) is 4.51. The Labute approximate surface area is 210 Å². The first kappa shape index (κ1) is 24.6. The van der Waals surface area contributed by atoms with E-state index in [1.165, 1.54) is 16.7 Å². The Balaban J connectivity index is 1.83. The predicted molar refractivity (Wildman–Crippen MR) is 132 cm³/mol. The summed E-state index contributed by atoms with van der Waals surface area (Å²) in [6.07, 6.45) is 2.42. The maximum Gasteiger partial charge on any atom is 0.308 e. The van der Waals surface area contributed by atoms with Crippen LogP contribution < -0.4 is 4.90 Å². The Morgan fingerprint density at radius 3 is 2.79 bits per heavy atom. The van der Waals surface area contributed by atoms with Gasteiger partial charge in [-0.15, -0.1) is 18.3 Å². The van der Waals surface area contributed by atoms with E-state index in [1.807, 2.05) is 13.0 Å². The van der Waals surface area contributed by atoms with Crippen LogP contribution in [0, 0.1) is 18.8 Å². The van der Waals surface area contributed by atoms with Gasteiger partial charge in [0, 0.05) is 29.8 Å². The minimum absolute atomic E-state index is 0.115. The third-order valence-corrected chi connectivity index (χ3v) is 10.4. The molecule has 4 rings (SSSR count). The average molecular weight is 558 g/mol. The number of aliphatic hydroxyl groups is 1. The number of carbonyl (C=O) groups excluding carboxylic acids is 2. The number of fused-ring (bicyclic) bond motifs is 1. The van der Waals surface area contributed by atoms with Crippen LogP contribution in [0.5, 0.6) is 0 Å². The standard InChI is InChI=1S/C23H26BrClN2O5S/c1-3-8-26(17-12(2)6-4-7-14(17)25)21(30)19-23-11-13(24)18(33-23)15(22(31)32)16(23)20(29)27(19)9-5-10-28/h3-4,6-7,13,15-16,18-19,28H,1,5,8-11H2,2H3,(H,31,32)/t13?,15-,16-,18-,19?,23?/m0/s1. The lowest BCUT2D eigenvalue weighted by Gasteiger charge is -2.38. The number of likely N-dealkylation sites (tertiary alicyclic amines) is 1.